The summed E-state index contributed by atoms with van der Waals surface area (Å²) in [5.74, 6) is -3.68. The highest BCUT2D eigenvalue weighted by Gasteiger charge is 2.51. The van der Waals surface area contributed by atoms with Crippen molar-refractivity contribution in [3.8, 4) is 11.1 Å². The minimum absolute atomic E-state index is 0.0222. The van der Waals surface area contributed by atoms with Gasteiger partial charge in [-0.1, -0.05) is 6.07 Å². The second kappa shape index (κ2) is 14.8. The maximum absolute atomic E-state index is 15.0. The molecule has 56 heavy (non-hydrogen) atoms. The fourth-order valence-electron chi connectivity index (χ4n) is 6.57. The van der Waals surface area contributed by atoms with E-state index in [1.165, 1.54) is 30.5 Å². The normalized spacial score (nSPS) is 14.6. The predicted octanol–water partition coefficient (Wildman–Crippen LogP) is 9.33. The molecule has 1 aliphatic rings. The highest BCUT2D eigenvalue weighted by Crippen LogP contribution is 2.38. The number of hydrogen-bond donors (Lipinski definition) is 0. The van der Waals surface area contributed by atoms with Crippen LogP contribution in [0, 0.1) is 38.7 Å². The van der Waals surface area contributed by atoms with Gasteiger partial charge in [0.05, 0.1) is 42.4 Å². The second-order valence-electron chi connectivity index (χ2n) is 14.1. The average Bonchev–Trinajstić information content (AvgIpc) is 3.70. The standard InChI is InChI=1S/C17H10F3N3.C12H7F2IN2.C11H15BFNO2/c1-23-13-4-5-21-8-11(13)10-6-12(18)15(16(20)17(10)23)9-2-3-14(19)22-7-9;1-17-9-2-3-16-5-7(9)6-4-8(13)11(15)10(14)12(6)17;1-10(2)11(3,4)16-12(15-10)8-5-6-9(13)14-7-8/h2-8H,1H3;2-5H,1H3;5-7H,1-4H3. The number of nitrogens with zero attached hydrogens (tertiary/aromatic N) is 6. The molecule has 0 spiro atoms. The van der Waals surface area contributed by atoms with Gasteiger partial charge in [-0.25, -0.2) is 27.5 Å². The van der Waals surface area contributed by atoms with Gasteiger partial charge in [-0.15, -0.1) is 0 Å². The fraction of sp³-hybridized carbons (Fsp3) is 0.200. The van der Waals surface area contributed by atoms with E-state index >= 15 is 4.39 Å². The van der Waals surface area contributed by atoms with E-state index in [9.17, 15) is 22.0 Å². The first-order chi connectivity index (χ1) is 26.5. The monoisotopic (exact) mass is 880 g/mol. The highest BCUT2D eigenvalue weighted by molar-refractivity contribution is 14.1. The minimum atomic E-state index is -0.722. The summed E-state index contributed by atoms with van der Waals surface area (Å²) in [4.78, 5) is 15.1. The molecular formula is C40H32BF6IN6O2. The summed E-state index contributed by atoms with van der Waals surface area (Å²) in [5, 5.41) is 2.45. The van der Waals surface area contributed by atoms with Crippen LogP contribution in [0.2, 0.25) is 0 Å². The van der Waals surface area contributed by atoms with E-state index in [0.29, 0.717) is 21.7 Å². The third-order valence-electron chi connectivity index (χ3n) is 10.2. The quantitative estimate of drug-likeness (QED) is 0.0567. The van der Waals surface area contributed by atoms with Crippen LogP contribution in [0.4, 0.5) is 26.3 Å². The van der Waals surface area contributed by atoms with Crippen LogP contribution in [-0.2, 0) is 23.4 Å². The third-order valence-corrected chi connectivity index (χ3v) is 11.2. The maximum Gasteiger partial charge on any atom is 0.496 e. The Morgan fingerprint density at radius 1 is 0.607 bits per heavy atom. The number of aromatic nitrogens is 6. The van der Waals surface area contributed by atoms with Crippen LogP contribution in [0.5, 0.6) is 0 Å². The number of benzene rings is 2. The van der Waals surface area contributed by atoms with E-state index < -0.39 is 42.3 Å². The van der Waals surface area contributed by atoms with Crippen molar-refractivity contribution in [1.29, 1.82) is 0 Å². The summed E-state index contributed by atoms with van der Waals surface area (Å²) < 4.78 is 97.8. The molecule has 8 nitrogen and oxygen atoms in total. The Balaban J connectivity index is 0.000000132. The Morgan fingerprint density at radius 2 is 1.11 bits per heavy atom. The van der Waals surface area contributed by atoms with E-state index in [1.807, 2.05) is 27.7 Å². The summed E-state index contributed by atoms with van der Waals surface area (Å²) >= 11 is 1.68. The lowest BCUT2D eigenvalue weighted by Gasteiger charge is -2.32. The third kappa shape index (κ3) is 6.87. The minimum Gasteiger partial charge on any atom is -0.399 e. The van der Waals surface area contributed by atoms with E-state index in [2.05, 4.69) is 19.9 Å². The van der Waals surface area contributed by atoms with Crippen LogP contribution < -0.4 is 5.46 Å². The van der Waals surface area contributed by atoms with Crippen molar-refractivity contribution in [2.75, 3.05) is 0 Å². The van der Waals surface area contributed by atoms with Crippen molar-refractivity contribution in [1.82, 2.24) is 29.1 Å². The van der Waals surface area contributed by atoms with Gasteiger partial charge < -0.3 is 18.4 Å². The molecule has 0 aliphatic carbocycles. The van der Waals surface area contributed by atoms with Crippen molar-refractivity contribution in [3.63, 3.8) is 0 Å². The molecule has 0 N–H and O–H groups in total. The Labute approximate surface area is 330 Å². The molecule has 16 heteroatoms. The summed E-state index contributed by atoms with van der Waals surface area (Å²) in [7, 11) is 3.00. The Morgan fingerprint density at radius 3 is 1.61 bits per heavy atom. The lowest BCUT2D eigenvalue weighted by molar-refractivity contribution is 0.00578. The number of pyridine rings is 4. The molecule has 0 bridgehead atoms. The topological polar surface area (TPSA) is 79.9 Å². The lowest BCUT2D eigenvalue weighted by atomic mass is 9.80. The van der Waals surface area contributed by atoms with E-state index in [-0.39, 0.29) is 31.4 Å². The Kier molecular flexibility index (Phi) is 10.3. The number of hydrogen-bond acceptors (Lipinski definition) is 6. The molecule has 7 heterocycles. The molecule has 8 aromatic rings. The first-order valence-electron chi connectivity index (χ1n) is 17.2. The van der Waals surface area contributed by atoms with Crippen LogP contribution >= 0.6 is 22.6 Å². The molecule has 9 rings (SSSR count). The molecule has 1 fully saturated rings. The summed E-state index contributed by atoms with van der Waals surface area (Å²) in [6.45, 7) is 7.90. The van der Waals surface area contributed by atoms with Crippen molar-refractivity contribution in [2.24, 2.45) is 14.1 Å². The number of rotatable bonds is 2. The van der Waals surface area contributed by atoms with Crippen LogP contribution in [0.15, 0.2) is 85.7 Å². The Hall–Kier alpha value is -5.07. The molecule has 0 radical (unpaired) electrons. The maximum atomic E-state index is 15.0. The smallest absolute Gasteiger partial charge is 0.399 e. The lowest BCUT2D eigenvalue weighted by Crippen LogP contribution is -2.41. The predicted molar refractivity (Wildman–Crippen MR) is 212 cm³/mol. The van der Waals surface area contributed by atoms with Gasteiger partial charge in [0.15, 0.2) is 11.6 Å². The second-order valence-corrected chi connectivity index (χ2v) is 15.2. The van der Waals surface area contributed by atoms with Crippen LogP contribution in [0.1, 0.15) is 27.7 Å². The molecule has 1 saturated heterocycles. The largest absolute Gasteiger partial charge is 0.496 e. The number of aryl methyl sites for hydroxylation is 2. The van der Waals surface area contributed by atoms with E-state index in [0.717, 1.165) is 34.1 Å². The van der Waals surface area contributed by atoms with Crippen molar-refractivity contribution >= 4 is 78.8 Å². The zero-order chi connectivity index (χ0) is 40.3. The van der Waals surface area contributed by atoms with Gasteiger partial charge in [-0.05, 0) is 92.8 Å². The molecule has 2 aromatic carbocycles. The molecule has 6 aromatic heterocycles. The van der Waals surface area contributed by atoms with Gasteiger partial charge in [0, 0.05) is 83.8 Å². The van der Waals surface area contributed by atoms with Crippen LogP contribution in [-0.4, -0.2) is 47.4 Å². The summed E-state index contributed by atoms with van der Waals surface area (Å²) in [5.41, 5.74) is 2.22. The first kappa shape index (κ1) is 39.2. The van der Waals surface area contributed by atoms with Gasteiger partial charge in [0.25, 0.3) is 0 Å². The van der Waals surface area contributed by atoms with Gasteiger partial charge >= 0.3 is 7.12 Å². The summed E-state index contributed by atoms with van der Waals surface area (Å²) in [6, 6.07) is 11.5. The number of fused-ring (bicyclic) bond motifs is 6. The zero-order valence-electron chi connectivity index (χ0n) is 30.8. The fourth-order valence-corrected chi connectivity index (χ4v) is 6.98. The Bertz CT molecular complexity index is 2760. The first-order valence-corrected chi connectivity index (χ1v) is 18.2. The van der Waals surface area contributed by atoms with Crippen LogP contribution in [0.3, 0.4) is 0 Å². The molecule has 0 unspecified atom stereocenters. The molecule has 286 valence electrons. The van der Waals surface area contributed by atoms with E-state index in [4.69, 9.17) is 9.31 Å². The zero-order valence-corrected chi connectivity index (χ0v) is 33.0. The SMILES string of the molecule is CC1(C)OB(c2ccc(F)nc2)OC1(C)C.Cn1c2ccncc2c2cc(F)c(-c3ccc(F)nc3)c(F)c21.Cn1c2ccncc2c2cc(F)c(I)c(F)c21. The van der Waals surface area contributed by atoms with Gasteiger partial charge in [0.2, 0.25) is 11.9 Å². The highest BCUT2D eigenvalue weighted by atomic mass is 127. The molecule has 0 amide bonds. The van der Waals surface area contributed by atoms with Crippen molar-refractivity contribution < 1.29 is 35.7 Å². The number of halogens is 7. The summed E-state index contributed by atoms with van der Waals surface area (Å²) in [6.07, 6.45) is 9.00. The van der Waals surface area contributed by atoms with Crippen molar-refractivity contribution in [2.45, 2.75) is 38.9 Å². The molecule has 1 aliphatic heterocycles. The molecule has 0 atom stereocenters. The average molecular weight is 880 g/mol. The van der Waals surface area contributed by atoms with E-state index in [1.54, 1.807) is 88.8 Å². The van der Waals surface area contributed by atoms with Gasteiger partial charge in [0.1, 0.15) is 11.6 Å². The van der Waals surface area contributed by atoms with Crippen LogP contribution in [0.25, 0.3) is 54.7 Å². The van der Waals surface area contributed by atoms with Gasteiger partial charge in [-0.3, -0.25) is 9.97 Å². The van der Waals surface area contributed by atoms with Gasteiger partial charge in [-0.2, -0.15) is 8.78 Å². The molecule has 0 saturated carbocycles. The van der Waals surface area contributed by atoms with Crippen molar-refractivity contribution in [3.05, 3.63) is 124 Å². The molecular weight excluding hydrogens is 848 g/mol.